The highest BCUT2D eigenvalue weighted by molar-refractivity contribution is 7.07. The number of ketones is 1. The lowest BCUT2D eigenvalue weighted by Crippen LogP contribution is -2.33. The van der Waals surface area contributed by atoms with E-state index in [0.717, 1.165) is 11.1 Å². The van der Waals surface area contributed by atoms with Gasteiger partial charge >= 0.3 is 0 Å². The van der Waals surface area contributed by atoms with E-state index in [0.29, 0.717) is 14.8 Å². The quantitative estimate of drug-likeness (QED) is 0.660. The monoisotopic (exact) mass is 409 g/mol. The highest BCUT2D eigenvalue weighted by atomic mass is 32.1. The van der Waals surface area contributed by atoms with Crippen LogP contribution in [-0.2, 0) is 11.3 Å². The molecular weight excluding hydrogens is 385 g/mol. The van der Waals surface area contributed by atoms with Gasteiger partial charge in [0.1, 0.15) is 10.5 Å². The van der Waals surface area contributed by atoms with Gasteiger partial charge in [-0.15, -0.1) is 11.3 Å². The summed E-state index contributed by atoms with van der Waals surface area (Å²) in [5.41, 5.74) is 1.95. The van der Waals surface area contributed by atoms with Crippen molar-refractivity contribution >= 4 is 29.3 Å². The molecule has 0 radical (unpaired) electrons. The number of halogens is 1. The Kier molecular flexibility index (Phi) is 5.99. The van der Waals surface area contributed by atoms with Gasteiger partial charge in [0, 0.05) is 11.5 Å². The van der Waals surface area contributed by atoms with Crippen molar-refractivity contribution in [1.29, 1.82) is 0 Å². The molecule has 0 N–H and O–H groups in total. The van der Waals surface area contributed by atoms with Crippen LogP contribution < -0.4 is 14.8 Å². The molecule has 0 saturated carbocycles. The summed E-state index contributed by atoms with van der Waals surface area (Å²) in [4.78, 5) is 25.7. The van der Waals surface area contributed by atoms with Gasteiger partial charge in [0.05, 0.1) is 11.1 Å². The van der Waals surface area contributed by atoms with Crippen molar-refractivity contribution in [3.05, 3.63) is 90.6 Å². The van der Waals surface area contributed by atoms with E-state index in [2.05, 4.69) is 0 Å². The molecule has 0 fully saturated rings. The minimum atomic E-state index is -0.552. The van der Waals surface area contributed by atoms with Crippen LogP contribution >= 0.6 is 11.3 Å². The lowest BCUT2D eigenvalue weighted by molar-refractivity contribution is -0.120. The molecule has 0 bridgehead atoms. The number of nitrogens with zero attached hydrogens (tertiary/aromatic N) is 1. The lowest BCUT2D eigenvalue weighted by Gasteiger charge is -2.13. The summed E-state index contributed by atoms with van der Waals surface area (Å²) in [5.74, 6) is -0.414. The summed E-state index contributed by atoms with van der Waals surface area (Å²) in [5, 5.41) is 0. The van der Waals surface area contributed by atoms with Gasteiger partial charge in [0.25, 0.3) is 5.56 Å². The average molecular weight is 410 g/mol. The first-order chi connectivity index (χ1) is 13.6. The number of aromatic nitrogens is 1. The van der Waals surface area contributed by atoms with Crippen LogP contribution in [0.5, 0.6) is 0 Å². The average Bonchev–Trinajstić information content (AvgIpc) is 2.92. The third-order valence-corrected chi connectivity index (χ3v) is 5.69. The highest BCUT2D eigenvalue weighted by Crippen LogP contribution is 2.15. The molecule has 0 saturated heterocycles. The standard InChI is InChI=1S/C24H24FNO2S/c1-16-8-5-6-10-18(16)13-20-23(28)26(15-17-9-7-11-19(25)12-17)22(29-20)14-21(27)24(2,3)4/h5-14H,15H2,1-4H3/b20-13-,22-14+. The fraction of sp³-hybridized carbons (Fsp3) is 0.250. The summed E-state index contributed by atoms with van der Waals surface area (Å²) < 4.78 is 16.3. The van der Waals surface area contributed by atoms with Gasteiger partial charge in [0.2, 0.25) is 0 Å². The number of carbonyl (C=O) groups is 1. The third kappa shape index (κ3) is 4.98. The summed E-state index contributed by atoms with van der Waals surface area (Å²) in [6, 6.07) is 14.0. The van der Waals surface area contributed by atoms with E-state index < -0.39 is 5.41 Å². The Morgan fingerprint density at radius 3 is 2.52 bits per heavy atom. The third-order valence-electron chi connectivity index (χ3n) is 4.64. The normalized spacial score (nSPS) is 13.1. The molecule has 0 aliphatic carbocycles. The minimum absolute atomic E-state index is 0.0609. The molecule has 3 aromatic rings. The predicted molar refractivity (Wildman–Crippen MR) is 117 cm³/mol. The maximum atomic E-state index is 13.6. The van der Waals surface area contributed by atoms with Crippen molar-refractivity contribution in [3.8, 4) is 0 Å². The molecule has 0 spiro atoms. The van der Waals surface area contributed by atoms with Gasteiger partial charge in [-0.25, -0.2) is 4.39 Å². The van der Waals surface area contributed by atoms with E-state index in [9.17, 15) is 14.0 Å². The molecule has 0 amide bonds. The van der Waals surface area contributed by atoms with Gasteiger partial charge < -0.3 is 0 Å². The van der Waals surface area contributed by atoms with E-state index >= 15 is 0 Å². The molecule has 3 nitrogen and oxygen atoms in total. The zero-order valence-electron chi connectivity index (χ0n) is 17.0. The van der Waals surface area contributed by atoms with Gasteiger partial charge in [-0.05, 0) is 41.8 Å². The predicted octanol–water partition coefficient (Wildman–Crippen LogP) is 3.63. The first kappa shape index (κ1) is 20.9. The fourth-order valence-electron chi connectivity index (χ4n) is 2.83. The number of carbonyl (C=O) groups excluding carboxylic acids is 1. The second kappa shape index (κ2) is 8.29. The molecule has 5 heteroatoms. The first-order valence-corrected chi connectivity index (χ1v) is 10.2. The van der Waals surface area contributed by atoms with Gasteiger partial charge in [0.15, 0.2) is 5.78 Å². The van der Waals surface area contributed by atoms with Crippen molar-refractivity contribution in [2.24, 2.45) is 5.41 Å². The Bertz CT molecular complexity index is 1230. The van der Waals surface area contributed by atoms with Crippen LogP contribution in [0.15, 0.2) is 53.3 Å². The smallest absolute Gasteiger partial charge is 0.269 e. The van der Waals surface area contributed by atoms with E-state index in [-0.39, 0.29) is 23.7 Å². The molecule has 150 valence electrons. The van der Waals surface area contributed by atoms with Crippen LogP contribution in [0.3, 0.4) is 0 Å². The number of hydrogen-bond acceptors (Lipinski definition) is 3. The molecule has 1 heterocycles. The fourth-order valence-corrected chi connectivity index (χ4v) is 3.86. The number of Topliss-reactive ketones (excluding diaryl/α,β-unsaturated/α-hetero) is 1. The van der Waals surface area contributed by atoms with Gasteiger partial charge in [-0.1, -0.05) is 57.2 Å². The molecule has 0 unspecified atom stereocenters. The van der Waals surface area contributed by atoms with Gasteiger partial charge in [-0.2, -0.15) is 0 Å². The van der Waals surface area contributed by atoms with Crippen molar-refractivity contribution in [3.63, 3.8) is 0 Å². The SMILES string of the molecule is Cc1ccccc1/C=c1\s/c(=C/C(=O)C(C)(C)C)n(Cc2cccc(F)c2)c1=O. The summed E-state index contributed by atoms with van der Waals surface area (Å²) in [7, 11) is 0. The molecule has 2 aromatic carbocycles. The van der Waals surface area contributed by atoms with E-state index in [1.165, 1.54) is 29.5 Å². The lowest BCUT2D eigenvalue weighted by atomic mass is 9.91. The second-order valence-corrected chi connectivity index (χ2v) is 9.15. The van der Waals surface area contributed by atoms with Gasteiger partial charge in [-0.3, -0.25) is 14.2 Å². The number of thiazole rings is 1. The number of hydrogen-bond donors (Lipinski definition) is 0. The molecular formula is C24H24FNO2S. The van der Waals surface area contributed by atoms with Crippen LogP contribution in [0.25, 0.3) is 12.2 Å². The van der Waals surface area contributed by atoms with Crippen LogP contribution in [0, 0.1) is 18.2 Å². The molecule has 0 aliphatic rings. The van der Waals surface area contributed by atoms with E-state index in [4.69, 9.17) is 0 Å². The molecule has 29 heavy (non-hydrogen) atoms. The molecule has 0 atom stereocenters. The number of aryl methyl sites for hydroxylation is 1. The maximum absolute atomic E-state index is 13.6. The Morgan fingerprint density at radius 1 is 1.14 bits per heavy atom. The zero-order chi connectivity index (χ0) is 21.2. The Hall–Kier alpha value is -2.79. The summed E-state index contributed by atoms with van der Waals surface area (Å²) in [6.07, 6.45) is 3.38. The van der Waals surface area contributed by atoms with Crippen LogP contribution in [0.2, 0.25) is 0 Å². The van der Waals surface area contributed by atoms with E-state index in [1.54, 1.807) is 16.7 Å². The number of rotatable bonds is 4. The van der Waals surface area contributed by atoms with Crippen LogP contribution in [0.1, 0.15) is 37.5 Å². The molecule has 3 rings (SSSR count). The van der Waals surface area contributed by atoms with Crippen molar-refractivity contribution in [1.82, 2.24) is 4.57 Å². The Morgan fingerprint density at radius 2 is 1.86 bits per heavy atom. The van der Waals surface area contributed by atoms with Crippen LogP contribution in [-0.4, -0.2) is 10.4 Å². The zero-order valence-corrected chi connectivity index (χ0v) is 17.8. The Balaban J connectivity index is 2.21. The summed E-state index contributed by atoms with van der Waals surface area (Å²) >= 11 is 1.28. The summed E-state index contributed by atoms with van der Waals surface area (Å²) in [6.45, 7) is 7.72. The van der Waals surface area contributed by atoms with Crippen molar-refractivity contribution in [2.45, 2.75) is 34.2 Å². The maximum Gasteiger partial charge on any atom is 0.269 e. The first-order valence-electron chi connectivity index (χ1n) is 9.43. The van der Waals surface area contributed by atoms with Crippen molar-refractivity contribution in [2.75, 3.05) is 0 Å². The molecule has 0 aliphatic heterocycles. The second-order valence-electron chi connectivity index (χ2n) is 8.09. The van der Waals surface area contributed by atoms with E-state index in [1.807, 2.05) is 58.0 Å². The van der Waals surface area contributed by atoms with Crippen LogP contribution in [0.4, 0.5) is 4.39 Å². The molecule has 1 aromatic heterocycles. The van der Waals surface area contributed by atoms with Crippen molar-refractivity contribution < 1.29 is 9.18 Å². The Labute approximate surface area is 173 Å². The largest absolute Gasteiger partial charge is 0.294 e. The topological polar surface area (TPSA) is 39.1 Å². The highest BCUT2D eigenvalue weighted by Gasteiger charge is 2.19. The number of benzene rings is 2. The minimum Gasteiger partial charge on any atom is -0.294 e.